The van der Waals surface area contributed by atoms with Crippen molar-refractivity contribution in [2.45, 2.75) is 5.75 Å². The van der Waals surface area contributed by atoms with Gasteiger partial charge in [-0.05, 0) is 30.3 Å². The summed E-state index contributed by atoms with van der Waals surface area (Å²) >= 11 is 1.29. The third-order valence-corrected chi connectivity index (χ3v) is 6.92. The fraction of sp³-hybridized carbons (Fsp3) is 0.0435. The minimum absolute atomic E-state index is 0.334. The highest BCUT2D eigenvalue weighted by Gasteiger charge is 2.20. The number of halogens is 1. The summed E-state index contributed by atoms with van der Waals surface area (Å²) in [6.07, 6.45) is 0. The molecule has 0 spiro atoms. The molecule has 0 aliphatic heterocycles. The van der Waals surface area contributed by atoms with Crippen LogP contribution in [0, 0.1) is 5.82 Å². The van der Waals surface area contributed by atoms with E-state index in [0.717, 1.165) is 0 Å². The van der Waals surface area contributed by atoms with Gasteiger partial charge in [-0.2, -0.15) is 0 Å². The van der Waals surface area contributed by atoms with Gasteiger partial charge in [0, 0.05) is 21.9 Å². The van der Waals surface area contributed by atoms with Crippen LogP contribution >= 0.6 is 11.3 Å². The average molecular weight is 466 g/mol. The summed E-state index contributed by atoms with van der Waals surface area (Å²) in [5, 5.41) is 6.86. The fourth-order valence-electron chi connectivity index (χ4n) is 3.38. The normalized spacial score (nSPS) is 11.7. The summed E-state index contributed by atoms with van der Waals surface area (Å²) in [6, 6.07) is 20.5. The summed E-state index contributed by atoms with van der Waals surface area (Å²) < 4.78 is 47.8. The molecule has 0 radical (unpaired) electrons. The standard InChI is InChI=1S/C23H16FN3O3S2/c24-18-10-4-1-7-15(18)23-25-20(13-31-23)16-8-2-5-11-19(16)27-32(28,29)14-21-17-9-3-6-12-22(17)30-26-21/h1-13,27H,14H2. The van der Waals surface area contributed by atoms with E-state index >= 15 is 0 Å². The van der Waals surface area contributed by atoms with Crippen molar-refractivity contribution < 1.29 is 17.3 Å². The number of benzene rings is 3. The Morgan fingerprint density at radius 3 is 2.50 bits per heavy atom. The molecule has 5 aromatic rings. The van der Waals surface area contributed by atoms with Crippen molar-refractivity contribution in [3.8, 4) is 21.8 Å². The Kier molecular flexibility index (Phi) is 5.20. The number of nitrogens with one attached hydrogen (secondary N) is 1. The van der Waals surface area contributed by atoms with E-state index < -0.39 is 10.0 Å². The van der Waals surface area contributed by atoms with Gasteiger partial charge in [-0.25, -0.2) is 17.8 Å². The third-order valence-electron chi connectivity index (χ3n) is 4.86. The number of hydrogen-bond acceptors (Lipinski definition) is 6. The molecule has 0 atom stereocenters. The molecular formula is C23H16FN3O3S2. The lowest BCUT2D eigenvalue weighted by molar-refractivity contribution is 0.448. The van der Waals surface area contributed by atoms with E-state index in [4.69, 9.17) is 4.52 Å². The highest BCUT2D eigenvalue weighted by molar-refractivity contribution is 7.91. The topological polar surface area (TPSA) is 85.1 Å². The van der Waals surface area contributed by atoms with Gasteiger partial charge in [0.05, 0.1) is 11.4 Å². The third kappa shape index (κ3) is 4.00. The van der Waals surface area contributed by atoms with Gasteiger partial charge in [0.15, 0.2) is 5.58 Å². The van der Waals surface area contributed by atoms with Crippen molar-refractivity contribution in [2.24, 2.45) is 0 Å². The van der Waals surface area contributed by atoms with Crippen molar-refractivity contribution >= 4 is 38.0 Å². The van der Waals surface area contributed by atoms with E-state index in [2.05, 4.69) is 14.9 Å². The van der Waals surface area contributed by atoms with Crippen molar-refractivity contribution in [1.82, 2.24) is 10.1 Å². The number of fused-ring (bicyclic) bond motifs is 1. The number of aromatic nitrogens is 2. The molecule has 0 unspecified atom stereocenters. The lowest BCUT2D eigenvalue weighted by atomic mass is 10.1. The highest BCUT2D eigenvalue weighted by atomic mass is 32.2. The molecule has 0 aliphatic carbocycles. The molecule has 0 bridgehead atoms. The molecule has 0 saturated heterocycles. The summed E-state index contributed by atoms with van der Waals surface area (Å²) in [6.45, 7) is 0. The number of para-hydroxylation sites is 2. The molecule has 32 heavy (non-hydrogen) atoms. The van der Waals surface area contributed by atoms with Gasteiger partial charge in [-0.15, -0.1) is 11.3 Å². The lowest BCUT2D eigenvalue weighted by Gasteiger charge is -2.11. The van der Waals surface area contributed by atoms with Gasteiger partial charge in [-0.1, -0.05) is 47.6 Å². The first-order valence-electron chi connectivity index (χ1n) is 9.64. The predicted octanol–water partition coefficient (Wildman–Crippen LogP) is 5.70. The Balaban J connectivity index is 1.44. The van der Waals surface area contributed by atoms with E-state index in [9.17, 15) is 12.8 Å². The molecule has 2 aromatic heterocycles. The quantitative estimate of drug-likeness (QED) is 0.348. The van der Waals surface area contributed by atoms with E-state index in [0.29, 0.717) is 44.2 Å². The van der Waals surface area contributed by atoms with E-state index in [1.165, 1.54) is 17.4 Å². The minimum atomic E-state index is -3.79. The Morgan fingerprint density at radius 2 is 1.66 bits per heavy atom. The molecule has 2 heterocycles. The lowest BCUT2D eigenvalue weighted by Crippen LogP contribution is -2.16. The summed E-state index contributed by atoms with van der Waals surface area (Å²) in [4.78, 5) is 4.54. The van der Waals surface area contributed by atoms with Crippen LogP contribution in [0.3, 0.4) is 0 Å². The maximum absolute atomic E-state index is 14.1. The number of thiazole rings is 1. The molecular weight excluding hydrogens is 449 g/mol. The molecule has 0 saturated carbocycles. The zero-order valence-electron chi connectivity index (χ0n) is 16.5. The number of rotatable bonds is 6. The molecule has 0 amide bonds. The van der Waals surface area contributed by atoms with Gasteiger partial charge in [0.2, 0.25) is 10.0 Å². The van der Waals surface area contributed by atoms with E-state index in [1.807, 2.05) is 0 Å². The molecule has 160 valence electrons. The summed E-state index contributed by atoms with van der Waals surface area (Å²) in [5.74, 6) is -0.696. The molecule has 1 N–H and O–H groups in total. The number of anilines is 1. The first-order valence-corrected chi connectivity index (χ1v) is 12.2. The van der Waals surface area contributed by atoms with E-state index in [1.54, 1.807) is 72.1 Å². The highest BCUT2D eigenvalue weighted by Crippen LogP contribution is 2.34. The van der Waals surface area contributed by atoms with Gasteiger partial charge in [0.25, 0.3) is 0 Å². The summed E-state index contributed by atoms with van der Waals surface area (Å²) in [5.41, 5.74) is 2.80. The first-order chi connectivity index (χ1) is 15.5. The summed E-state index contributed by atoms with van der Waals surface area (Å²) in [7, 11) is -3.79. The Bertz CT molecular complexity index is 1530. The predicted molar refractivity (Wildman–Crippen MR) is 123 cm³/mol. The smallest absolute Gasteiger partial charge is 0.238 e. The zero-order chi connectivity index (χ0) is 22.1. The monoisotopic (exact) mass is 465 g/mol. The van der Waals surface area contributed by atoms with E-state index in [-0.39, 0.29) is 11.6 Å². The molecule has 5 rings (SSSR count). The Hall–Kier alpha value is -3.56. The van der Waals surface area contributed by atoms with Crippen LogP contribution in [0.4, 0.5) is 10.1 Å². The second-order valence-electron chi connectivity index (χ2n) is 7.05. The number of nitrogens with zero attached hydrogens (tertiary/aromatic N) is 2. The molecule has 6 nitrogen and oxygen atoms in total. The zero-order valence-corrected chi connectivity index (χ0v) is 18.2. The van der Waals surface area contributed by atoms with Crippen LogP contribution in [0.5, 0.6) is 0 Å². The van der Waals surface area contributed by atoms with Crippen LogP contribution in [0.15, 0.2) is 82.7 Å². The Labute approximate surface area is 187 Å². The van der Waals surface area contributed by atoms with Crippen LogP contribution in [0.2, 0.25) is 0 Å². The average Bonchev–Trinajstić information content (AvgIpc) is 3.42. The first kappa shape index (κ1) is 20.3. The van der Waals surface area contributed by atoms with Crippen LogP contribution in [-0.2, 0) is 15.8 Å². The van der Waals surface area contributed by atoms with Crippen molar-refractivity contribution in [3.63, 3.8) is 0 Å². The van der Waals surface area contributed by atoms with Gasteiger partial charge >= 0.3 is 0 Å². The maximum atomic E-state index is 14.1. The largest absolute Gasteiger partial charge is 0.356 e. The van der Waals surface area contributed by atoms with Gasteiger partial charge < -0.3 is 4.52 Å². The van der Waals surface area contributed by atoms with Gasteiger partial charge in [-0.3, -0.25) is 4.72 Å². The molecule has 0 aliphatic rings. The minimum Gasteiger partial charge on any atom is -0.356 e. The molecule has 9 heteroatoms. The van der Waals surface area contributed by atoms with Crippen LogP contribution < -0.4 is 4.72 Å². The van der Waals surface area contributed by atoms with Crippen LogP contribution in [-0.4, -0.2) is 18.6 Å². The van der Waals surface area contributed by atoms with Crippen molar-refractivity contribution in [3.05, 3.63) is 89.7 Å². The SMILES string of the molecule is O=S(=O)(Cc1noc2ccccc12)Nc1ccccc1-c1csc(-c2ccccc2F)n1. The number of sulfonamides is 1. The Morgan fingerprint density at radius 1 is 0.938 bits per heavy atom. The number of hydrogen-bond donors (Lipinski definition) is 1. The second kappa shape index (κ2) is 8.18. The fourth-order valence-corrected chi connectivity index (χ4v) is 5.38. The molecule has 0 fully saturated rings. The molecule has 3 aromatic carbocycles. The van der Waals surface area contributed by atoms with Crippen molar-refractivity contribution in [1.29, 1.82) is 0 Å². The second-order valence-corrected chi connectivity index (χ2v) is 9.63. The van der Waals surface area contributed by atoms with Crippen molar-refractivity contribution in [2.75, 3.05) is 4.72 Å². The van der Waals surface area contributed by atoms with Gasteiger partial charge in [0.1, 0.15) is 22.3 Å². The van der Waals surface area contributed by atoms with Crippen LogP contribution in [0.25, 0.3) is 32.8 Å². The van der Waals surface area contributed by atoms with Crippen LogP contribution in [0.1, 0.15) is 5.69 Å². The maximum Gasteiger partial charge on any atom is 0.238 e.